The van der Waals surface area contributed by atoms with Crippen molar-refractivity contribution in [1.29, 1.82) is 0 Å². The van der Waals surface area contributed by atoms with E-state index < -0.39 is 0 Å². The Bertz CT molecular complexity index is 4130. The van der Waals surface area contributed by atoms with E-state index in [4.69, 9.17) is 0 Å². The van der Waals surface area contributed by atoms with Crippen LogP contribution in [0.2, 0.25) is 0 Å². The van der Waals surface area contributed by atoms with Gasteiger partial charge in [-0.2, -0.15) is 0 Å². The van der Waals surface area contributed by atoms with Gasteiger partial charge in [-0.25, -0.2) is 0 Å². The number of fused-ring (bicyclic) bond motifs is 12. The fourth-order valence-electron chi connectivity index (χ4n) is 10.6. The van der Waals surface area contributed by atoms with E-state index in [-0.39, 0.29) is 14.5 Å². The topological polar surface area (TPSA) is 14.8 Å². The number of para-hydroxylation sites is 4. The van der Waals surface area contributed by atoms with Crippen LogP contribution in [0.15, 0.2) is 224 Å². The molecule has 0 aliphatic carbocycles. The van der Waals surface area contributed by atoms with Gasteiger partial charge in [-0.3, -0.25) is 0 Å². The molecule has 0 unspecified atom stereocenters. The maximum absolute atomic E-state index is 2.54. The number of nitrogens with zero attached hydrogens (tertiary/aromatic N) is 3. The van der Waals surface area contributed by atoms with Crippen LogP contribution in [0.25, 0.3) is 124 Å². The molecule has 0 aliphatic heterocycles. The Kier molecular flexibility index (Phi) is 7.70. The van der Waals surface area contributed by atoms with E-state index in [0.29, 0.717) is 0 Å². The Morgan fingerprint density at radius 2 is 0.656 bits per heavy atom. The normalized spacial score (nSPS) is 12.1. The first-order valence-corrected chi connectivity index (χ1v) is 23.6. The fraction of sp³-hybridized carbons (Fsp3) is 0. The second-order valence-electron chi connectivity index (χ2n) is 16.9. The summed E-state index contributed by atoms with van der Waals surface area (Å²) in [6.07, 6.45) is 0. The van der Waals surface area contributed by atoms with Crippen LogP contribution in [0.1, 0.15) is 0 Å². The van der Waals surface area contributed by atoms with Crippen molar-refractivity contribution in [3.63, 3.8) is 0 Å². The maximum atomic E-state index is 2.54. The van der Waals surface area contributed by atoms with Crippen molar-refractivity contribution in [2.75, 3.05) is 0 Å². The van der Waals surface area contributed by atoms with E-state index in [1.165, 1.54) is 113 Å². The van der Waals surface area contributed by atoms with Gasteiger partial charge in [0.25, 0.3) is 0 Å². The molecule has 0 amide bonds. The minimum atomic E-state index is 0.199. The zero-order valence-corrected chi connectivity index (χ0v) is 36.3. The van der Waals surface area contributed by atoms with Crippen LogP contribution < -0.4 is 0 Å². The van der Waals surface area contributed by atoms with Crippen molar-refractivity contribution in [2.45, 2.75) is 0 Å². The summed E-state index contributed by atoms with van der Waals surface area (Å²) in [5.74, 6) is 0. The molecule has 298 valence electrons. The Labute approximate surface area is 374 Å². The summed E-state index contributed by atoms with van der Waals surface area (Å²) < 4.78 is 10.3. The molecule has 4 aromatic heterocycles. The third-order valence-corrected chi connectivity index (χ3v) is 15.8. The van der Waals surface area contributed by atoms with E-state index in [2.05, 4.69) is 238 Å². The molecule has 0 saturated heterocycles. The summed E-state index contributed by atoms with van der Waals surface area (Å²) in [6.45, 7) is 0. The Balaban J connectivity index is 0.978. The summed E-state index contributed by atoms with van der Waals surface area (Å²) in [5, 5.41) is 10.2. The van der Waals surface area contributed by atoms with Crippen LogP contribution in [0.3, 0.4) is 0 Å². The molecule has 0 radical (unpaired) electrons. The summed E-state index contributed by atoms with van der Waals surface area (Å²) in [6, 6.07) is 83.1. The van der Waals surface area contributed by atoms with Crippen LogP contribution in [-0.2, 0) is 0 Å². The van der Waals surface area contributed by atoms with Crippen molar-refractivity contribution in [3.05, 3.63) is 224 Å². The van der Waals surface area contributed by atoms with Crippen molar-refractivity contribution >= 4 is 99.2 Å². The van der Waals surface area contributed by atoms with Crippen molar-refractivity contribution in [3.8, 4) is 39.3 Å². The van der Waals surface area contributed by atoms with E-state index in [9.17, 15) is 0 Å². The minimum absolute atomic E-state index is 0.199. The first-order chi connectivity index (χ1) is 31.7. The van der Waals surface area contributed by atoms with Crippen LogP contribution in [0.5, 0.6) is 0 Å². The van der Waals surface area contributed by atoms with Gasteiger partial charge in [0.1, 0.15) is 0 Å². The summed E-state index contributed by atoms with van der Waals surface area (Å²) >= 11 is 0.199. The average Bonchev–Trinajstić information content (AvgIpc) is 4.10. The van der Waals surface area contributed by atoms with Gasteiger partial charge in [0.05, 0.1) is 11.0 Å². The molecule has 14 aromatic rings. The first kappa shape index (κ1) is 35.7. The monoisotopic (exact) mass is 879 g/mol. The third kappa shape index (κ3) is 5.22. The summed E-state index contributed by atoms with van der Waals surface area (Å²) in [4.78, 5) is 0. The number of rotatable bonds is 5. The molecule has 4 heterocycles. The van der Waals surface area contributed by atoms with E-state index in [1.807, 2.05) is 0 Å². The van der Waals surface area contributed by atoms with Crippen LogP contribution in [0.4, 0.5) is 0 Å². The molecular formula is C60H37N3Se. The van der Waals surface area contributed by atoms with Gasteiger partial charge in [0.2, 0.25) is 0 Å². The molecule has 10 aromatic carbocycles. The fourth-order valence-corrected chi connectivity index (χ4v) is 13.0. The van der Waals surface area contributed by atoms with Crippen molar-refractivity contribution in [2.24, 2.45) is 0 Å². The van der Waals surface area contributed by atoms with E-state index in [0.717, 1.165) is 11.4 Å². The number of hydrogen-bond acceptors (Lipinski definition) is 0. The zero-order chi connectivity index (χ0) is 41.9. The molecule has 4 heteroatoms. The molecule has 0 saturated carbocycles. The summed E-state index contributed by atoms with van der Waals surface area (Å²) in [7, 11) is 0. The molecule has 3 nitrogen and oxygen atoms in total. The Morgan fingerprint density at radius 1 is 0.250 bits per heavy atom. The molecule has 0 spiro atoms. The van der Waals surface area contributed by atoms with Gasteiger partial charge < -0.3 is 4.57 Å². The predicted molar refractivity (Wildman–Crippen MR) is 272 cm³/mol. The van der Waals surface area contributed by atoms with Gasteiger partial charge in [0.15, 0.2) is 0 Å². The first-order valence-electron chi connectivity index (χ1n) is 21.9. The third-order valence-electron chi connectivity index (χ3n) is 13.4. The van der Waals surface area contributed by atoms with Crippen molar-refractivity contribution in [1.82, 2.24) is 13.7 Å². The van der Waals surface area contributed by atoms with Crippen LogP contribution >= 0.6 is 0 Å². The van der Waals surface area contributed by atoms with Gasteiger partial charge in [-0.15, -0.1) is 0 Å². The number of aromatic nitrogens is 3. The Hall–Kier alpha value is -7.88. The quantitative estimate of drug-likeness (QED) is 0.153. The molecule has 0 fully saturated rings. The number of hydrogen-bond donors (Lipinski definition) is 0. The van der Waals surface area contributed by atoms with E-state index >= 15 is 0 Å². The molecular weight excluding hydrogens is 842 g/mol. The average molecular weight is 879 g/mol. The second kappa shape index (κ2) is 13.8. The van der Waals surface area contributed by atoms with Gasteiger partial charge in [0, 0.05) is 16.5 Å². The van der Waals surface area contributed by atoms with E-state index in [1.54, 1.807) is 0 Å². The Morgan fingerprint density at radius 3 is 1.22 bits per heavy atom. The molecule has 64 heavy (non-hydrogen) atoms. The van der Waals surface area contributed by atoms with Crippen LogP contribution in [0, 0.1) is 0 Å². The molecule has 14 rings (SSSR count). The van der Waals surface area contributed by atoms with Gasteiger partial charge in [-0.1, -0.05) is 42.5 Å². The summed E-state index contributed by atoms with van der Waals surface area (Å²) in [5.41, 5.74) is 15.7. The van der Waals surface area contributed by atoms with Crippen molar-refractivity contribution < 1.29 is 0 Å². The standard InChI is InChI=1S/C60H37N3Se/c1-2-14-38(15-3-1)39-26-28-40(29-27-39)41-34-57(60-48-20-8-13-25-58(48)64-59(60)35-41)63-54-24-12-7-19-47(54)50-37-43(31-33-56(50)63)62-53-23-11-6-18-46(53)49-36-42(30-32-55(49)62)61-51-21-9-4-16-44(51)45-17-5-10-22-52(45)61/h1-37H. The van der Waals surface area contributed by atoms with Gasteiger partial charge in [-0.05, 0) is 12.1 Å². The predicted octanol–water partition coefficient (Wildman–Crippen LogP) is 15.7. The molecule has 0 aliphatic rings. The van der Waals surface area contributed by atoms with Gasteiger partial charge >= 0.3 is 290 Å². The van der Waals surface area contributed by atoms with Crippen LogP contribution in [-0.4, -0.2) is 28.2 Å². The second-order valence-corrected chi connectivity index (χ2v) is 19.2. The molecule has 0 bridgehead atoms. The molecule has 0 N–H and O–H groups in total. The molecule has 0 atom stereocenters. The number of benzene rings is 10. The SMILES string of the molecule is c1ccc(-c2ccc(-c3cc(-n4c5ccccc5c5cc(-n6c7ccccc7c7cc(-n8c9ccccc9c9ccccc98)ccc76)ccc54)c4c(c3)[se]c3ccccc34)cc2)cc1. The zero-order valence-electron chi connectivity index (χ0n) is 34.6.